The van der Waals surface area contributed by atoms with Crippen molar-refractivity contribution in [2.24, 2.45) is 0 Å². The molecule has 2 N–H and O–H groups in total. The van der Waals surface area contributed by atoms with Crippen molar-refractivity contribution in [2.45, 2.75) is 32.9 Å². The maximum atomic E-state index is 12.8. The van der Waals surface area contributed by atoms with Gasteiger partial charge in [0, 0.05) is 19.3 Å². The predicted octanol–water partition coefficient (Wildman–Crippen LogP) is 3.71. The summed E-state index contributed by atoms with van der Waals surface area (Å²) in [4.78, 5) is 34.9. The third-order valence-corrected chi connectivity index (χ3v) is 5.41. The van der Waals surface area contributed by atoms with Crippen molar-refractivity contribution >= 4 is 11.9 Å². The van der Waals surface area contributed by atoms with Crippen molar-refractivity contribution < 1.29 is 24.3 Å². The van der Waals surface area contributed by atoms with Gasteiger partial charge in [-0.2, -0.15) is 0 Å². The van der Waals surface area contributed by atoms with E-state index in [2.05, 4.69) is 10.3 Å². The lowest BCUT2D eigenvalue weighted by molar-refractivity contribution is -0.193. The highest BCUT2D eigenvalue weighted by Gasteiger charge is 2.27. The molecule has 0 radical (unpaired) electrons. The minimum Gasteiger partial charge on any atom is -0.503 e. The first-order chi connectivity index (χ1) is 16.2. The van der Waals surface area contributed by atoms with Crippen LogP contribution in [0.25, 0.3) is 0 Å². The van der Waals surface area contributed by atoms with E-state index in [9.17, 15) is 14.7 Å². The third kappa shape index (κ3) is 5.71. The number of methoxy groups -OCH3 is 1. The smallest absolute Gasteiger partial charge is 0.347 e. The first-order valence-electron chi connectivity index (χ1n) is 10.8. The standard InChI is InChI=1S/C26H29N3O5/c1-16-6-10-19(11-7-16)23(20-12-8-17(2)9-13-20)29(4)34-26(32)18(3)28-25(31)22-24(30)21(33-5)14-15-27-22/h6-15,18,23,30H,1-5H3,(H,28,31). The molecule has 2 aromatic carbocycles. The van der Waals surface area contributed by atoms with Gasteiger partial charge >= 0.3 is 5.97 Å². The molecule has 3 aromatic rings. The summed E-state index contributed by atoms with van der Waals surface area (Å²) in [6, 6.07) is 16.1. The Hall–Kier alpha value is -3.91. The molecule has 1 amide bonds. The lowest BCUT2D eigenvalue weighted by Crippen LogP contribution is -2.42. The summed E-state index contributed by atoms with van der Waals surface area (Å²) in [5.41, 5.74) is 3.90. The van der Waals surface area contributed by atoms with Gasteiger partial charge in [-0.3, -0.25) is 4.79 Å². The first-order valence-corrected chi connectivity index (χ1v) is 10.8. The second-order valence-corrected chi connectivity index (χ2v) is 8.09. The molecule has 0 aliphatic heterocycles. The predicted molar refractivity (Wildman–Crippen MR) is 127 cm³/mol. The molecule has 3 rings (SSSR count). The molecule has 0 aliphatic carbocycles. The van der Waals surface area contributed by atoms with Crippen molar-refractivity contribution in [1.82, 2.24) is 15.4 Å². The van der Waals surface area contributed by atoms with Gasteiger partial charge in [-0.1, -0.05) is 59.7 Å². The van der Waals surface area contributed by atoms with Gasteiger partial charge in [0.2, 0.25) is 0 Å². The van der Waals surface area contributed by atoms with Crippen LogP contribution in [0.4, 0.5) is 0 Å². The number of nitrogens with one attached hydrogen (secondary N) is 1. The van der Waals surface area contributed by atoms with Gasteiger partial charge in [0.15, 0.2) is 17.2 Å². The Balaban J connectivity index is 1.76. The first kappa shape index (κ1) is 24.7. The minimum atomic E-state index is -1.00. The molecule has 0 fully saturated rings. The number of benzene rings is 2. The van der Waals surface area contributed by atoms with E-state index < -0.39 is 23.7 Å². The summed E-state index contributed by atoms with van der Waals surface area (Å²) >= 11 is 0. The number of aryl methyl sites for hydroxylation is 2. The number of carbonyl (C=O) groups is 2. The van der Waals surface area contributed by atoms with Crippen LogP contribution in [0.15, 0.2) is 60.8 Å². The highest BCUT2D eigenvalue weighted by atomic mass is 16.7. The van der Waals surface area contributed by atoms with Crippen molar-refractivity contribution in [3.63, 3.8) is 0 Å². The monoisotopic (exact) mass is 463 g/mol. The second-order valence-electron chi connectivity index (χ2n) is 8.09. The Morgan fingerprint density at radius 3 is 2.00 bits per heavy atom. The SMILES string of the molecule is COc1ccnc(C(=O)NC(C)C(=O)ON(C)C(c2ccc(C)cc2)c2ccc(C)cc2)c1O. The van der Waals surface area contributed by atoms with E-state index in [1.165, 1.54) is 31.4 Å². The van der Waals surface area contributed by atoms with Crippen LogP contribution < -0.4 is 10.1 Å². The van der Waals surface area contributed by atoms with Crippen molar-refractivity contribution in [2.75, 3.05) is 14.2 Å². The highest BCUT2D eigenvalue weighted by molar-refractivity contribution is 5.97. The number of nitrogens with zero attached hydrogens (tertiary/aromatic N) is 2. The van der Waals surface area contributed by atoms with Gasteiger partial charge in [0.1, 0.15) is 6.04 Å². The molecule has 8 nitrogen and oxygen atoms in total. The normalized spacial score (nSPS) is 11.9. The number of hydrogen-bond donors (Lipinski definition) is 2. The van der Waals surface area contributed by atoms with Crippen molar-refractivity contribution in [3.8, 4) is 11.5 Å². The molecular weight excluding hydrogens is 434 g/mol. The molecule has 8 heteroatoms. The van der Waals surface area contributed by atoms with Crippen LogP contribution >= 0.6 is 0 Å². The lowest BCUT2D eigenvalue weighted by Gasteiger charge is -2.28. The number of aromatic hydroxyl groups is 1. The maximum absolute atomic E-state index is 12.8. The summed E-state index contributed by atoms with van der Waals surface area (Å²) in [5, 5.41) is 14.1. The Labute approximate surface area is 199 Å². The van der Waals surface area contributed by atoms with Crippen LogP contribution in [0.5, 0.6) is 11.5 Å². The molecule has 0 saturated carbocycles. The molecule has 0 spiro atoms. The Morgan fingerprint density at radius 2 is 1.50 bits per heavy atom. The number of hydrogen-bond acceptors (Lipinski definition) is 7. The summed E-state index contributed by atoms with van der Waals surface area (Å²) in [5.74, 6) is -1.69. The van der Waals surface area contributed by atoms with Crippen LogP contribution in [0.2, 0.25) is 0 Å². The van der Waals surface area contributed by atoms with E-state index in [-0.39, 0.29) is 17.5 Å². The third-order valence-electron chi connectivity index (χ3n) is 5.41. The summed E-state index contributed by atoms with van der Waals surface area (Å²) < 4.78 is 5.00. The van der Waals surface area contributed by atoms with Crippen molar-refractivity contribution in [1.29, 1.82) is 0 Å². The molecule has 0 bridgehead atoms. The van der Waals surface area contributed by atoms with E-state index in [4.69, 9.17) is 9.57 Å². The molecule has 1 aromatic heterocycles. The molecule has 178 valence electrons. The zero-order valence-corrected chi connectivity index (χ0v) is 19.9. The van der Waals surface area contributed by atoms with E-state index >= 15 is 0 Å². The van der Waals surface area contributed by atoms with Crippen LogP contribution in [0, 0.1) is 13.8 Å². The second kappa shape index (κ2) is 10.8. The van der Waals surface area contributed by atoms with Gasteiger partial charge < -0.3 is 20.0 Å². The molecule has 1 unspecified atom stereocenters. The van der Waals surface area contributed by atoms with Crippen LogP contribution in [-0.2, 0) is 9.63 Å². The number of rotatable bonds is 8. The van der Waals surface area contributed by atoms with Crippen LogP contribution in [0.1, 0.15) is 45.7 Å². The largest absolute Gasteiger partial charge is 0.503 e. The van der Waals surface area contributed by atoms with Gasteiger partial charge in [0.05, 0.1) is 13.2 Å². The number of amides is 1. The average Bonchev–Trinajstić information content (AvgIpc) is 2.81. The molecule has 0 saturated heterocycles. The fraction of sp³-hybridized carbons (Fsp3) is 0.269. The van der Waals surface area contributed by atoms with Gasteiger partial charge in [0.25, 0.3) is 5.91 Å². The molecule has 0 aliphatic rings. The zero-order valence-electron chi connectivity index (χ0n) is 19.9. The van der Waals surface area contributed by atoms with Gasteiger partial charge in [-0.25, -0.2) is 9.78 Å². The van der Waals surface area contributed by atoms with Crippen molar-refractivity contribution in [3.05, 3.63) is 88.7 Å². The van der Waals surface area contributed by atoms with Gasteiger partial charge in [-0.15, -0.1) is 5.06 Å². The number of carbonyl (C=O) groups excluding carboxylic acids is 2. The summed E-state index contributed by atoms with van der Waals surface area (Å²) in [7, 11) is 3.04. The molecular formula is C26H29N3O5. The Morgan fingerprint density at radius 1 is 0.971 bits per heavy atom. The van der Waals surface area contributed by atoms with E-state index in [1.807, 2.05) is 62.4 Å². The number of ether oxygens (including phenoxy) is 1. The number of hydroxylamine groups is 2. The van der Waals surface area contributed by atoms with E-state index in [1.54, 1.807) is 7.05 Å². The Kier molecular flexibility index (Phi) is 7.86. The molecule has 34 heavy (non-hydrogen) atoms. The fourth-order valence-corrected chi connectivity index (χ4v) is 3.47. The minimum absolute atomic E-state index is 0.106. The summed E-state index contributed by atoms with van der Waals surface area (Å²) in [6.07, 6.45) is 1.33. The van der Waals surface area contributed by atoms with E-state index in [0.717, 1.165) is 22.3 Å². The Bertz CT molecular complexity index is 1100. The highest BCUT2D eigenvalue weighted by Crippen LogP contribution is 2.29. The zero-order chi connectivity index (χ0) is 24.8. The fourth-order valence-electron chi connectivity index (χ4n) is 3.47. The topological polar surface area (TPSA) is 101 Å². The van der Waals surface area contributed by atoms with Gasteiger partial charge in [-0.05, 0) is 31.9 Å². The average molecular weight is 464 g/mol. The van der Waals surface area contributed by atoms with Crippen LogP contribution in [0.3, 0.4) is 0 Å². The summed E-state index contributed by atoms with van der Waals surface area (Å²) in [6.45, 7) is 5.51. The van der Waals surface area contributed by atoms with E-state index in [0.29, 0.717) is 0 Å². The maximum Gasteiger partial charge on any atom is 0.347 e. The number of aromatic nitrogens is 1. The lowest BCUT2D eigenvalue weighted by atomic mass is 9.97. The van der Waals surface area contributed by atoms with Crippen LogP contribution in [-0.4, -0.2) is 47.2 Å². The molecule has 1 atom stereocenters. The quantitative estimate of drug-likeness (QED) is 0.491. The number of pyridine rings is 1. The molecule has 1 heterocycles.